The molecule has 2 rings (SSSR count). The highest BCUT2D eigenvalue weighted by atomic mass is 16.4. The Morgan fingerprint density at radius 1 is 1.35 bits per heavy atom. The molecule has 1 aliphatic rings. The van der Waals surface area contributed by atoms with Crippen molar-refractivity contribution in [3.63, 3.8) is 0 Å². The molecule has 5 nitrogen and oxygen atoms in total. The second-order valence-corrected chi connectivity index (χ2v) is 5.65. The number of carboxylic acids is 2. The predicted octanol–water partition coefficient (Wildman–Crippen LogP) is 1.68. The number of carbonyl (C=O) groups is 2. The molecule has 20 heavy (non-hydrogen) atoms. The number of rotatable bonds is 6. The Morgan fingerprint density at radius 3 is 2.40 bits per heavy atom. The van der Waals surface area contributed by atoms with Crippen LogP contribution in [-0.4, -0.2) is 27.7 Å². The van der Waals surface area contributed by atoms with Gasteiger partial charge in [0.15, 0.2) is 0 Å². The molecule has 1 saturated carbocycles. The molecule has 1 aromatic rings. The van der Waals surface area contributed by atoms with Crippen LogP contribution in [0.1, 0.15) is 31.2 Å². The first-order valence-electron chi connectivity index (χ1n) is 6.66. The lowest BCUT2D eigenvalue weighted by Gasteiger charge is -2.28. The van der Waals surface area contributed by atoms with Gasteiger partial charge in [0.2, 0.25) is 0 Å². The summed E-state index contributed by atoms with van der Waals surface area (Å²) < 4.78 is 0. The highest BCUT2D eigenvalue weighted by molar-refractivity contribution is 5.83. The van der Waals surface area contributed by atoms with Gasteiger partial charge in [-0.25, -0.2) is 0 Å². The van der Waals surface area contributed by atoms with Gasteiger partial charge in [-0.1, -0.05) is 37.3 Å². The van der Waals surface area contributed by atoms with Crippen LogP contribution in [0.2, 0.25) is 0 Å². The van der Waals surface area contributed by atoms with Gasteiger partial charge in [-0.3, -0.25) is 9.59 Å². The molecule has 4 atom stereocenters. The molecule has 0 saturated heterocycles. The van der Waals surface area contributed by atoms with E-state index in [2.05, 4.69) is 0 Å². The Bertz CT molecular complexity index is 516. The minimum absolute atomic E-state index is 0.0349. The van der Waals surface area contributed by atoms with Crippen molar-refractivity contribution in [1.29, 1.82) is 0 Å². The molecule has 0 aromatic heterocycles. The van der Waals surface area contributed by atoms with Crippen LogP contribution in [0, 0.1) is 11.8 Å². The van der Waals surface area contributed by atoms with Gasteiger partial charge in [0.25, 0.3) is 0 Å². The fraction of sp³-hybridized carbons (Fsp3) is 0.467. The van der Waals surface area contributed by atoms with E-state index in [0.717, 1.165) is 5.56 Å². The first-order chi connectivity index (χ1) is 9.36. The van der Waals surface area contributed by atoms with Crippen molar-refractivity contribution in [3.05, 3.63) is 35.9 Å². The minimum Gasteiger partial charge on any atom is -0.481 e. The van der Waals surface area contributed by atoms with E-state index in [0.29, 0.717) is 6.42 Å². The van der Waals surface area contributed by atoms with E-state index in [4.69, 9.17) is 10.8 Å². The van der Waals surface area contributed by atoms with Crippen LogP contribution < -0.4 is 5.73 Å². The monoisotopic (exact) mass is 277 g/mol. The standard InChI is InChI=1S/C15H19NO4/c1-9(10-5-3-2-4-6-10)8-15(16,14(19)20)12-7-11(12)13(17)18/h2-6,9,11-12H,7-8,16H2,1H3,(H,17,18)(H,19,20)/t9?,11-,12-,15?/m0/s1. The molecule has 4 N–H and O–H groups in total. The summed E-state index contributed by atoms with van der Waals surface area (Å²) in [6.45, 7) is 1.91. The van der Waals surface area contributed by atoms with E-state index in [-0.39, 0.29) is 12.3 Å². The maximum absolute atomic E-state index is 11.5. The number of nitrogens with two attached hydrogens (primary N) is 1. The fourth-order valence-electron chi connectivity index (χ4n) is 2.84. The van der Waals surface area contributed by atoms with Gasteiger partial charge in [0, 0.05) is 5.92 Å². The van der Waals surface area contributed by atoms with Gasteiger partial charge >= 0.3 is 11.9 Å². The van der Waals surface area contributed by atoms with E-state index >= 15 is 0 Å². The smallest absolute Gasteiger partial charge is 0.324 e. The zero-order chi connectivity index (χ0) is 14.9. The maximum Gasteiger partial charge on any atom is 0.324 e. The quantitative estimate of drug-likeness (QED) is 0.734. The summed E-state index contributed by atoms with van der Waals surface area (Å²) in [5, 5.41) is 18.4. The molecule has 0 aliphatic heterocycles. The maximum atomic E-state index is 11.5. The Balaban J connectivity index is 2.14. The summed E-state index contributed by atoms with van der Waals surface area (Å²) in [5.41, 5.74) is 5.59. The SMILES string of the molecule is CC(CC(N)(C(=O)O)[C@H]1C[C@@H]1C(=O)O)c1ccccc1. The molecular weight excluding hydrogens is 258 g/mol. The van der Waals surface area contributed by atoms with Gasteiger partial charge in [-0.15, -0.1) is 0 Å². The summed E-state index contributed by atoms with van der Waals surface area (Å²) in [4.78, 5) is 22.5. The van der Waals surface area contributed by atoms with Gasteiger partial charge in [0.05, 0.1) is 5.92 Å². The van der Waals surface area contributed by atoms with E-state index in [9.17, 15) is 14.7 Å². The molecule has 0 bridgehead atoms. The lowest BCUT2D eigenvalue weighted by molar-refractivity contribution is -0.145. The van der Waals surface area contributed by atoms with Crippen molar-refractivity contribution in [1.82, 2.24) is 0 Å². The first-order valence-corrected chi connectivity index (χ1v) is 6.66. The normalized spacial score (nSPS) is 25.5. The second-order valence-electron chi connectivity index (χ2n) is 5.65. The van der Waals surface area contributed by atoms with Crippen LogP contribution >= 0.6 is 0 Å². The van der Waals surface area contributed by atoms with Crippen molar-refractivity contribution in [3.8, 4) is 0 Å². The Hall–Kier alpha value is -1.88. The van der Waals surface area contributed by atoms with Crippen LogP contribution in [0.3, 0.4) is 0 Å². The minimum atomic E-state index is -1.47. The molecule has 1 aromatic carbocycles. The molecule has 1 aliphatic carbocycles. The fourth-order valence-corrected chi connectivity index (χ4v) is 2.84. The van der Waals surface area contributed by atoms with Crippen molar-refractivity contribution >= 4 is 11.9 Å². The lowest BCUT2D eigenvalue weighted by Crippen LogP contribution is -2.51. The van der Waals surface area contributed by atoms with Crippen LogP contribution in [0.5, 0.6) is 0 Å². The number of carboxylic acid groups (broad SMARTS) is 2. The Kier molecular flexibility index (Phi) is 3.81. The van der Waals surface area contributed by atoms with Crippen molar-refractivity contribution in [2.45, 2.75) is 31.2 Å². The van der Waals surface area contributed by atoms with E-state index < -0.39 is 29.3 Å². The number of hydrogen-bond acceptors (Lipinski definition) is 3. The number of benzene rings is 1. The molecule has 0 radical (unpaired) electrons. The summed E-state index contributed by atoms with van der Waals surface area (Å²) in [7, 11) is 0. The zero-order valence-electron chi connectivity index (χ0n) is 11.3. The van der Waals surface area contributed by atoms with Crippen molar-refractivity contribution in [2.75, 3.05) is 0 Å². The largest absolute Gasteiger partial charge is 0.481 e. The first kappa shape index (κ1) is 14.5. The van der Waals surface area contributed by atoms with Crippen LogP contribution in [0.4, 0.5) is 0 Å². The van der Waals surface area contributed by atoms with Crippen molar-refractivity contribution < 1.29 is 19.8 Å². The van der Waals surface area contributed by atoms with Gasteiger partial charge in [0.1, 0.15) is 5.54 Å². The van der Waals surface area contributed by atoms with Crippen LogP contribution in [-0.2, 0) is 9.59 Å². The molecule has 108 valence electrons. The molecule has 2 unspecified atom stereocenters. The lowest BCUT2D eigenvalue weighted by atomic mass is 9.81. The number of hydrogen-bond donors (Lipinski definition) is 3. The predicted molar refractivity (Wildman–Crippen MR) is 73.3 cm³/mol. The number of aliphatic carboxylic acids is 2. The Labute approximate surface area is 117 Å². The van der Waals surface area contributed by atoms with Crippen molar-refractivity contribution in [2.24, 2.45) is 17.6 Å². The second kappa shape index (κ2) is 5.25. The Morgan fingerprint density at radius 2 is 1.95 bits per heavy atom. The molecule has 1 fully saturated rings. The summed E-state index contributed by atoms with van der Waals surface area (Å²) in [6, 6.07) is 9.53. The third-order valence-corrected chi connectivity index (χ3v) is 4.18. The highest BCUT2D eigenvalue weighted by Crippen LogP contribution is 2.48. The molecule has 0 spiro atoms. The third kappa shape index (κ3) is 2.67. The van der Waals surface area contributed by atoms with Crippen LogP contribution in [0.25, 0.3) is 0 Å². The topological polar surface area (TPSA) is 101 Å². The average Bonchev–Trinajstić information content (AvgIpc) is 3.20. The summed E-state index contributed by atoms with van der Waals surface area (Å²) in [6.07, 6.45) is 0.584. The van der Waals surface area contributed by atoms with Crippen LogP contribution in [0.15, 0.2) is 30.3 Å². The van der Waals surface area contributed by atoms with E-state index in [1.165, 1.54) is 0 Å². The third-order valence-electron chi connectivity index (χ3n) is 4.18. The molecular formula is C15H19NO4. The van der Waals surface area contributed by atoms with Gasteiger partial charge in [-0.05, 0) is 24.3 Å². The average molecular weight is 277 g/mol. The van der Waals surface area contributed by atoms with Gasteiger partial charge in [-0.2, -0.15) is 0 Å². The van der Waals surface area contributed by atoms with Gasteiger partial charge < -0.3 is 15.9 Å². The molecule has 5 heteroatoms. The summed E-state index contributed by atoms with van der Waals surface area (Å²) in [5.74, 6) is -3.22. The van der Waals surface area contributed by atoms with E-state index in [1.807, 2.05) is 37.3 Å². The molecule has 0 heterocycles. The highest BCUT2D eigenvalue weighted by Gasteiger charge is 2.58. The summed E-state index contributed by atoms with van der Waals surface area (Å²) >= 11 is 0. The van der Waals surface area contributed by atoms with E-state index in [1.54, 1.807) is 0 Å². The zero-order valence-corrected chi connectivity index (χ0v) is 11.3. The molecule has 0 amide bonds.